The second-order valence-electron chi connectivity index (χ2n) is 7.79. The zero-order valence-corrected chi connectivity index (χ0v) is 17.4. The van der Waals surface area contributed by atoms with Gasteiger partial charge in [-0.05, 0) is 29.7 Å². The van der Waals surface area contributed by atoms with Crippen molar-refractivity contribution in [1.29, 1.82) is 0 Å². The fourth-order valence-corrected chi connectivity index (χ4v) is 3.72. The van der Waals surface area contributed by atoms with Gasteiger partial charge in [0.2, 0.25) is 5.91 Å². The van der Waals surface area contributed by atoms with Crippen LogP contribution in [0.5, 0.6) is 0 Å². The van der Waals surface area contributed by atoms with Gasteiger partial charge in [-0.25, -0.2) is 4.79 Å². The summed E-state index contributed by atoms with van der Waals surface area (Å²) in [6.45, 7) is 5.55. The van der Waals surface area contributed by atoms with E-state index in [4.69, 9.17) is 0 Å². The predicted octanol–water partition coefficient (Wildman–Crippen LogP) is 4.13. The Morgan fingerprint density at radius 3 is 2.77 bits per heavy atom. The normalized spacial score (nSPS) is 13.9. The molecule has 2 aromatic carbocycles. The first kappa shape index (κ1) is 19.9. The lowest BCUT2D eigenvalue weighted by Crippen LogP contribution is -2.37. The molecule has 0 spiro atoms. The van der Waals surface area contributed by atoms with Gasteiger partial charge < -0.3 is 15.5 Å². The number of hydrogen-bond donors (Lipinski definition) is 3. The number of urea groups is 1. The Hall–Kier alpha value is -3.35. The number of aromatic nitrogens is 2. The van der Waals surface area contributed by atoms with E-state index in [1.165, 1.54) is 0 Å². The Morgan fingerprint density at radius 2 is 1.97 bits per heavy atom. The minimum atomic E-state index is -0.322. The van der Waals surface area contributed by atoms with E-state index in [-0.39, 0.29) is 17.9 Å². The van der Waals surface area contributed by atoms with Crippen molar-refractivity contribution in [3.05, 3.63) is 59.3 Å². The van der Waals surface area contributed by atoms with Crippen molar-refractivity contribution >= 4 is 28.5 Å². The number of unbranched alkanes of at least 4 members (excludes halogenated alkanes) is 1. The number of nitrogens with one attached hydrogen (secondary N) is 3. The summed E-state index contributed by atoms with van der Waals surface area (Å²) in [4.78, 5) is 26.9. The van der Waals surface area contributed by atoms with Crippen molar-refractivity contribution in [2.45, 2.75) is 45.7 Å². The molecule has 0 saturated carbocycles. The fourth-order valence-electron chi connectivity index (χ4n) is 3.72. The van der Waals surface area contributed by atoms with Crippen LogP contribution < -0.4 is 10.6 Å². The molecule has 0 aliphatic carbocycles. The molecule has 0 bridgehead atoms. The third kappa shape index (κ3) is 4.01. The number of rotatable bonds is 6. The van der Waals surface area contributed by atoms with Crippen LogP contribution in [0.2, 0.25) is 0 Å². The molecule has 1 aromatic heterocycles. The first-order valence-electron chi connectivity index (χ1n) is 10.4. The first-order chi connectivity index (χ1) is 14.6. The van der Waals surface area contributed by atoms with E-state index in [0.717, 1.165) is 40.4 Å². The minimum absolute atomic E-state index is 0.0881. The molecule has 4 rings (SSSR count). The molecule has 1 atom stereocenters. The number of carbonyl (C=O) groups excluding carboxylic acids is 2. The van der Waals surface area contributed by atoms with Crippen LogP contribution in [0.1, 0.15) is 49.4 Å². The van der Waals surface area contributed by atoms with Crippen LogP contribution in [0, 0.1) is 0 Å². The first-order valence-corrected chi connectivity index (χ1v) is 10.4. The SMILES string of the molecule is CCCCNC(=O)N1Cc2[nH]nc(NC(=O)[C@@H](C)c3ccc4ccccc4c3)c2C1. The largest absolute Gasteiger partial charge is 0.338 e. The number of H-pyrrole nitrogens is 1. The molecule has 3 aromatic rings. The maximum Gasteiger partial charge on any atom is 0.318 e. The van der Waals surface area contributed by atoms with E-state index >= 15 is 0 Å². The quantitative estimate of drug-likeness (QED) is 0.539. The van der Waals surface area contributed by atoms with Crippen LogP contribution in [0.4, 0.5) is 10.6 Å². The lowest BCUT2D eigenvalue weighted by Gasteiger charge is -2.17. The van der Waals surface area contributed by atoms with Gasteiger partial charge in [0.1, 0.15) is 0 Å². The second kappa shape index (κ2) is 8.57. The van der Waals surface area contributed by atoms with Crippen molar-refractivity contribution in [2.24, 2.45) is 0 Å². The summed E-state index contributed by atoms with van der Waals surface area (Å²) in [6, 6.07) is 14.1. The van der Waals surface area contributed by atoms with Crippen molar-refractivity contribution in [3.8, 4) is 0 Å². The number of aromatic amines is 1. The maximum atomic E-state index is 12.9. The molecule has 0 saturated heterocycles. The monoisotopic (exact) mass is 405 g/mol. The predicted molar refractivity (Wildman–Crippen MR) is 117 cm³/mol. The molecule has 1 aliphatic heterocycles. The van der Waals surface area contributed by atoms with E-state index in [2.05, 4.69) is 39.9 Å². The molecule has 0 unspecified atom stereocenters. The highest BCUT2D eigenvalue weighted by atomic mass is 16.2. The molecule has 3 amide bonds. The van der Waals surface area contributed by atoms with Crippen LogP contribution in [-0.2, 0) is 17.9 Å². The zero-order chi connectivity index (χ0) is 21.1. The summed E-state index contributed by atoms with van der Waals surface area (Å²) in [7, 11) is 0. The molecule has 0 fully saturated rings. The Morgan fingerprint density at radius 1 is 1.17 bits per heavy atom. The smallest absolute Gasteiger partial charge is 0.318 e. The number of nitrogens with zero attached hydrogens (tertiary/aromatic N) is 2. The molecule has 0 radical (unpaired) electrons. The van der Waals surface area contributed by atoms with Gasteiger partial charge in [0.25, 0.3) is 0 Å². The van der Waals surface area contributed by atoms with Gasteiger partial charge in [0, 0.05) is 12.1 Å². The van der Waals surface area contributed by atoms with Gasteiger partial charge >= 0.3 is 6.03 Å². The maximum absolute atomic E-state index is 12.9. The average molecular weight is 406 g/mol. The van der Waals surface area contributed by atoms with Gasteiger partial charge in [0.05, 0.1) is 24.7 Å². The Kier molecular flexibility index (Phi) is 5.70. The summed E-state index contributed by atoms with van der Waals surface area (Å²) in [5.74, 6) is 0.0636. The lowest BCUT2D eigenvalue weighted by molar-refractivity contribution is -0.117. The molecule has 7 nitrogen and oxygen atoms in total. The van der Waals surface area contributed by atoms with Gasteiger partial charge in [0.15, 0.2) is 5.82 Å². The molecule has 30 heavy (non-hydrogen) atoms. The molecule has 2 heterocycles. The number of carbonyl (C=O) groups is 2. The second-order valence-corrected chi connectivity index (χ2v) is 7.79. The lowest BCUT2D eigenvalue weighted by atomic mass is 9.97. The highest BCUT2D eigenvalue weighted by molar-refractivity contribution is 5.96. The molecule has 3 N–H and O–H groups in total. The number of benzene rings is 2. The van der Waals surface area contributed by atoms with E-state index in [1.54, 1.807) is 4.90 Å². The Labute approximate surface area is 175 Å². The highest BCUT2D eigenvalue weighted by Gasteiger charge is 2.29. The van der Waals surface area contributed by atoms with Crippen LogP contribution in [-0.4, -0.2) is 33.6 Å². The van der Waals surface area contributed by atoms with Crippen molar-refractivity contribution in [3.63, 3.8) is 0 Å². The summed E-state index contributed by atoms with van der Waals surface area (Å²) < 4.78 is 0. The molecular weight excluding hydrogens is 378 g/mol. The number of hydrogen-bond acceptors (Lipinski definition) is 3. The van der Waals surface area contributed by atoms with Gasteiger partial charge in [-0.3, -0.25) is 9.89 Å². The highest BCUT2D eigenvalue weighted by Crippen LogP contribution is 2.28. The number of fused-ring (bicyclic) bond motifs is 2. The van der Waals surface area contributed by atoms with Gasteiger partial charge in [-0.1, -0.05) is 55.8 Å². The van der Waals surface area contributed by atoms with E-state index in [1.807, 2.05) is 37.3 Å². The van der Waals surface area contributed by atoms with Crippen LogP contribution in [0.15, 0.2) is 42.5 Å². The van der Waals surface area contributed by atoms with Crippen LogP contribution in [0.3, 0.4) is 0 Å². The summed E-state index contributed by atoms with van der Waals surface area (Å²) in [5, 5.41) is 15.3. The van der Waals surface area contributed by atoms with Crippen molar-refractivity contribution in [1.82, 2.24) is 20.4 Å². The number of amides is 3. The zero-order valence-electron chi connectivity index (χ0n) is 17.4. The third-order valence-corrected chi connectivity index (χ3v) is 5.65. The van der Waals surface area contributed by atoms with Crippen molar-refractivity contribution < 1.29 is 9.59 Å². The standard InChI is InChI=1S/C23H27N5O2/c1-3-4-11-24-23(30)28-13-19-20(14-28)26-27-21(19)25-22(29)15(2)17-10-9-16-7-5-6-8-18(16)12-17/h5-10,12,15H,3-4,11,13-14H2,1-2H3,(H,24,30)(H2,25,26,27,29)/t15-/m0/s1. The van der Waals surface area contributed by atoms with E-state index in [9.17, 15) is 9.59 Å². The topological polar surface area (TPSA) is 90.1 Å². The van der Waals surface area contributed by atoms with Gasteiger partial charge in [-0.15, -0.1) is 0 Å². The molecule has 1 aliphatic rings. The van der Waals surface area contributed by atoms with E-state index in [0.29, 0.717) is 25.5 Å². The van der Waals surface area contributed by atoms with Crippen LogP contribution >= 0.6 is 0 Å². The summed E-state index contributed by atoms with van der Waals surface area (Å²) in [6.07, 6.45) is 2.00. The fraction of sp³-hybridized carbons (Fsp3) is 0.348. The van der Waals surface area contributed by atoms with Crippen molar-refractivity contribution in [2.75, 3.05) is 11.9 Å². The van der Waals surface area contributed by atoms with E-state index < -0.39 is 0 Å². The summed E-state index contributed by atoms with van der Waals surface area (Å²) in [5.41, 5.74) is 2.70. The number of anilines is 1. The summed E-state index contributed by atoms with van der Waals surface area (Å²) >= 11 is 0. The third-order valence-electron chi connectivity index (χ3n) is 5.65. The molecule has 7 heteroatoms. The minimum Gasteiger partial charge on any atom is -0.338 e. The Balaban J connectivity index is 1.42. The Bertz CT molecular complexity index is 1070. The molecular formula is C23H27N5O2. The van der Waals surface area contributed by atoms with Gasteiger partial charge in [-0.2, -0.15) is 5.10 Å². The van der Waals surface area contributed by atoms with Crippen LogP contribution in [0.25, 0.3) is 10.8 Å². The molecule has 156 valence electrons. The average Bonchev–Trinajstić information content (AvgIpc) is 3.35.